The topological polar surface area (TPSA) is 77.6 Å². The second-order valence-corrected chi connectivity index (χ2v) is 4.39. The summed E-state index contributed by atoms with van der Waals surface area (Å²) in [6, 6.07) is 0. The molecular weight excluding hydrogens is 246 g/mol. The molecule has 2 N–H and O–H groups in total. The van der Waals surface area contributed by atoms with Crippen LogP contribution < -0.4 is 5.73 Å². The molecule has 16 heavy (non-hydrogen) atoms. The van der Waals surface area contributed by atoms with E-state index < -0.39 is 0 Å². The molecule has 0 aliphatic carbocycles. The lowest BCUT2D eigenvalue weighted by Crippen LogP contribution is -1.96. The number of anilines is 1. The van der Waals surface area contributed by atoms with Crippen molar-refractivity contribution in [3.8, 4) is 0 Å². The zero-order valence-corrected chi connectivity index (χ0v) is 9.96. The Bertz CT molecular complexity index is 502. The minimum Gasteiger partial charge on any atom is -0.368 e. The van der Waals surface area contributed by atoms with Gasteiger partial charge in [-0.05, 0) is 24.2 Å². The van der Waals surface area contributed by atoms with Gasteiger partial charge in [-0.1, -0.05) is 11.6 Å². The van der Waals surface area contributed by atoms with E-state index in [-0.39, 0.29) is 5.95 Å². The van der Waals surface area contributed by atoms with Gasteiger partial charge in [0.25, 0.3) is 0 Å². The molecule has 0 atom stereocenters. The molecule has 0 aromatic carbocycles. The van der Waals surface area contributed by atoms with Crippen LogP contribution in [0.2, 0.25) is 5.02 Å². The van der Waals surface area contributed by atoms with Gasteiger partial charge in [0.2, 0.25) is 5.95 Å². The Balaban J connectivity index is 2.26. The molecule has 0 aliphatic rings. The summed E-state index contributed by atoms with van der Waals surface area (Å²) in [6.45, 7) is 1.92. The predicted molar refractivity (Wildman–Crippen MR) is 62.3 cm³/mol. The van der Waals surface area contributed by atoms with Gasteiger partial charge in [-0.3, -0.25) is 0 Å². The van der Waals surface area contributed by atoms with E-state index in [1.807, 2.05) is 6.92 Å². The van der Waals surface area contributed by atoms with Crippen molar-refractivity contribution >= 4 is 29.3 Å². The molecule has 2 heterocycles. The molecule has 0 unspecified atom stereocenters. The lowest BCUT2D eigenvalue weighted by Gasteiger charge is -2.02. The summed E-state index contributed by atoms with van der Waals surface area (Å²) >= 11 is 7.17. The third-order valence-electron chi connectivity index (χ3n) is 1.68. The van der Waals surface area contributed by atoms with Crippen LogP contribution in [0, 0.1) is 6.92 Å². The van der Waals surface area contributed by atoms with Crippen LogP contribution in [0.5, 0.6) is 0 Å². The molecule has 7 heteroatoms. The van der Waals surface area contributed by atoms with Gasteiger partial charge in [-0.15, -0.1) is 0 Å². The van der Waals surface area contributed by atoms with Gasteiger partial charge in [0.1, 0.15) is 5.03 Å². The molecule has 0 radical (unpaired) electrons. The van der Waals surface area contributed by atoms with E-state index in [1.165, 1.54) is 18.0 Å². The quantitative estimate of drug-likeness (QED) is 0.651. The van der Waals surface area contributed by atoms with Gasteiger partial charge in [0.05, 0.1) is 11.2 Å². The molecule has 0 amide bonds. The number of hydrogen-bond acceptors (Lipinski definition) is 6. The zero-order chi connectivity index (χ0) is 11.5. The Morgan fingerprint density at radius 1 is 1.19 bits per heavy atom. The van der Waals surface area contributed by atoms with Gasteiger partial charge in [-0.2, -0.15) is 0 Å². The van der Waals surface area contributed by atoms with Gasteiger partial charge >= 0.3 is 0 Å². The number of hydrogen-bond donors (Lipinski definition) is 1. The van der Waals surface area contributed by atoms with Gasteiger partial charge in [0.15, 0.2) is 5.16 Å². The van der Waals surface area contributed by atoms with Crippen LogP contribution in [0.15, 0.2) is 28.8 Å². The van der Waals surface area contributed by atoms with Crippen molar-refractivity contribution in [2.45, 2.75) is 17.1 Å². The van der Waals surface area contributed by atoms with Crippen molar-refractivity contribution < 1.29 is 0 Å². The first-order chi connectivity index (χ1) is 7.65. The number of halogens is 1. The summed E-state index contributed by atoms with van der Waals surface area (Å²) in [5, 5.41) is 1.56. The first-order valence-electron chi connectivity index (χ1n) is 4.39. The van der Waals surface area contributed by atoms with Crippen molar-refractivity contribution in [1.82, 2.24) is 19.9 Å². The van der Waals surface area contributed by atoms with Crippen LogP contribution in [0.25, 0.3) is 0 Å². The largest absolute Gasteiger partial charge is 0.368 e. The van der Waals surface area contributed by atoms with E-state index in [1.54, 1.807) is 12.4 Å². The number of rotatable bonds is 2. The van der Waals surface area contributed by atoms with E-state index in [0.29, 0.717) is 15.2 Å². The molecule has 0 saturated carbocycles. The third kappa shape index (κ3) is 2.59. The first kappa shape index (κ1) is 11.1. The lowest BCUT2D eigenvalue weighted by molar-refractivity contribution is 0.942. The van der Waals surface area contributed by atoms with Crippen molar-refractivity contribution in [2.75, 3.05) is 5.73 Å². The van der Waals surface area contributed by atoms with E-state index in [4.69, 9.17) is 17.3 Å². The zero-order valence-electron chi connectivity index (χ0n) is 8.38. The highest BCUT2D eigenvalue weighted by Gasteiger charge is 2.07. The number of aromatic nitrogens is 4. The van der Waals surface area contributed by atoms with E-state index >= 15 is 0 Å². The first-order valence-corrected chi connectivity index (χ1v) is 5.59. The van der Waals surface area contributed by atoms with E-state index in [2.05, 4.69) is 19.9 Å². The molecule has 0 saturated heterocycles. The Hall–Kier alpha value is -1.40. The molecule has 2 rings (SSSR count). The molecule has 2 aromatic heterocycles. The average molecular weight is 254 g/mol. The molecule has 82 valence electrons. The Labute approximate surface area is 101 Å². The Morgan fingerprint density at radius 2 is 1.88 bits per heavy atom. The summed E-state index contributed by atoms with van der Waals surface area (Å²) in [4.78, 5) is 16.1. The fraction of sp³-hybridized carbons (Fsp3) is 0.111. The van der Waals surface area contributed by atoms with Crippen LogP contribution in [-0.2, 0) is 0 Å². The summed E-state index contributed by atoms with van der Waals surface area (Å²) < 4.78 is 0. The summed E-state index contributed by atoms with van der Waals surface area (Å²) in [7, 11) is 0. The lowest BCUT2D eigenvalue weighted by atomic mass is 10.4. The SMILES string of the molecule is Cc1cnc(Sc2nc(N)ncc2Cl)nc1. The minimum absolute atomic E-state index is 0.180. The fourth-order valence-corrected chi connectivity index (χ4v) is 1.84. The van der Waals surface area contributed by atoms with Crippen LogP contribution in [0.1, 0.15) is 5.56 Å². The smallest absolute Gasteiger partial charge is 0.221 e. The van der Waals surface area contributed by atoms with Crippen molar-refractivity contribution in [3.63, 3.8) is 0 Å². The monoisotopic (exact) mass is 253 g/mol. The second kappa shape index (κ2) is 4.63. The molecular formula is C9H8ClN5S. The molecule has 0 fully saturated rings. The number of nitrogen functional groups attached to an aromatic ring is 1. The highest BCUT2D eigenvalue weighted by atomic mass is 35.5. The summed E-state index contributed by atoms with van der Waals surface area (Å²) in [5.74, 6) is 0.180. The van der Waals surface area contributed by atoms with Gasteiger partial charge < -0.3 is 5.73 Å². The second-order valence-electron chi connectivity index (χ2n) is 3.03. The van der Waals surface area contributed by atoms with Gasteiger partial charge in [-0.25, -0.2) is 19.9 Å². The summed E-state index contributed by atoms with van der Waals surface area (Å²) in [6.07, 6.45) is 4.92. The normalized spacial score (nSPS) is 10.4. The number of nitrogens with zero attached hydrogens (tertiary/aromatic N) is 4. The van der Waals surface area contributed by atoms with Crippen LogP contribution in [0.3, 0.4) is 0 Å². The molecule has 5 nitrogen and oxygen atoms in total. The van der Waals surface area contributed by atoms with Crippen LogP contribution in [0.4, 0.5) is 5.95 Å². The Kier molecular flexibility index (Phi) is 3.21. The van der Waals surface area contributed by atoms with Crippen molar-refractivity contribution in [3.05, 3.63) is 29.2 Å². The molecule has 0 bridgehead atoms. The average Bonchev–Trinajstić information content (AvgIpc) is 2.27. The maximum Gasteiger partial charge on any atom is 0.221 e. The van der Waals surface area contributed by atoms with Crippen molar-refractivity contribution in [2.24, 2.45) is 0 Å². The highest BCUT2D eigenvalue weighted by Crippen LogP contribution is 2.28. The molecule has 0 aliphatic heterocycles. The number of nitrogens with two attached hydrogens (primary N) is 1. The minimum atomic E-state index is 0.180. The third-order valence-corrected chi connectivity index (χ3v) is 2.96. The standard InChI is InChI=1S/C9H8ClN5S/c1-5-2-13-9(14-3-5)16-7-6(10)4-12-8(11)15-7/h2-4H,1H3,(H2,11,12,15). The maximum absolute atomic E-state index is 5.92. The highest BCUT2D eigenvalue weighted by molar-refractivity contribution is 7.99. The van der Waals surface area contributed by atoms with Gasteiger partial charge in [0, 0.05) is 12.4 Å². The predicted octanol–water partition coefficient (Wildman–Crippen LogP) is 1.96. The van der Waals surface area contributed by atoms with E-state index in [9.17, 15) is 0 Å². The molecule has 2 aromatic rings. The van der Waals surface area contributed by atoms with Crippen LogP contribution in [-0.4, -0.2) is 19.9 Å². The molecule has 0 spiro atoms. The van der Waals surface area contributed by atoms with Crippen LogP contribution >= 0.6 is 23.4 Å². The fourth-order valence-electron chi connectivity index (χ4n) is 0.956. The maximum atomic E-state index is 5.92. The van der Waals surface area contributed by atoms with E-state index in [0.717, 1.165) is 5.56 Å². The number of aryl methyl sites for hydroxylation is 1. The summed E-state index contributed by atoms with van der Waals surface area (Å²) in [5.41, 5.74) is 6.47. The Morgan fingerprint density at radius 3 is 2.56 bits per heavy atom. The van der Waals surface area contributed by atoms with Crippen molar-refractivity contribution in [1.29, 1.82) is 0 Å².